The van der Waals surface area contributed by atoms with Crippen LogP contribution < -0.4 is 0 Å². The molecule has 1 aromatic rings. The van der Waals surface area contributed by atoms with Gasteiger partial charge in [-0.15, -0.1) is 0 Å². The largest absolute Gasteiger partial charge is 0.204 e. The summed E-state index contributed by atoms with van der Waals surface area (Å²) in [7, 11) is 0. The van der Waals surface area contributed by atoms with Crippen molar-refractivity contribution in [1.29, 1.82) is 0 Å². The van der Waals surface area contributed by atoms with Crippen molar-refractivity contribution >= 4 is 0 Å². The molecule has 0 fully saturated rings. The van der Waals surface area contributed by atoms with Gasteiger partial charge in [-0.05, 0) is 24.0 Å². The summed E-state index contributed by atoms with van der Waals surface area (Å²) < 4.78 is 25.6. The average molecular weight is 169 g/mol. The van der Waals surface area contributed by atoms with Crippen LogP contribution >= 0.6 is 0 Å². The van der Waals surface area contributed by atoms with Gasteiger partial charge in [-0.1, -0.05) is 26.0 Å². The highest BCUT2D eigenvalue weighted by atomic mass is 19.2. The molecule has 0 spiro atoms. The number of halogens is 2. The molecule has 2 heteroatoms. The van der Waals surface area contributed by atoms with Crippen LogP contribution in [0.4, 0.5) is 8.78 Å². The van der Waals surface area contributed by atoms with E-state index in [9.17, 15) is 8.78 Å². The summed E-state index contributed by atoms with van der Waals surface area (Å²) in [6.07, 6.45) is 0.504. The molecule has 0 bridgehead atoms. The molecule has 0 aromatic heterocycles. The van der Waals surface area contributed by atoms with Crippen molar-refractivity contribution in [2.45, 2.75) is 20.3 Å². The van der Waals surface area contributed by atoms with E-state index in [4.69, 9.17) is 0 Å². The average Bonchev–Trinajstić information content (AvgIpc) is 1.98. The standard InChI is InChI=1S/C10H11F2/c1-7(2)6-8-4-3-5-9(11)10(8)12/h3-5H,6H2,1-2H3. The molecule has 1 rings (SSSR count). The van der Waals surface area contributed by atoms with Gasteiger partial charge in [0, 0.05) is 0 Å². The smallest absolute Gasteiger partial charge is 0.162 e. The lowest BCUT2D eigenvalue weighted by molar-refractivity contribution is 0.499. The van der Waals surface area contributed by atoms with Crippen LogP contribution in [0.1, 0.15) is 19.4 Å². The molecule has 1 aromatic carbocycles. The first kappa shape index (κ1) is 9.17. The van der Waals surface area contributed by atoms with Crippen LogP contribution in [0.25, 0.3) is 0 Å². The molecule has 65 valence electrons. The molecule has 1 radical (unpaired) electrons. The lowest BCUT2D eigenvalue weighted by atomic mass is 10.0. The zero-order valence-electron chi connectivity index (χ0n) is 7.20. The minimum Gasteiger partial charge on any atom is -0.204 e. The lowest BCUT2D eigenvalue weighted by Gasteiger charge is -2.05. The van der Waals surface area contributed by atoms with Gasteiger partial charge in [-0.2, -0.15) is 0 Å². The fourth-order valence-corrected chi connectivity index (χ4v) is 1.07. The van der Waals surface area contributed by atoms with E-state index in [1.807, 2.05) is 13.8 Å². The number of benzene rings is 1. The highest BCUT2D eigenvalue weighted by molar-refractivity contribution is 5.21. The first-order valence-corrected chi connectivity index (χ1v) is 3.83. The van der Waals surface area contributed by atoms with Crippen LogP contribution in [0, 0.1) is 17.6 Å². The van der Waals surface area contributed by atoms with Crippen LogP contribution in [0.2, 0.25) is 0 Å². The van der Waals surface area contributed by atoms with Crippen LogP contribution in [0.5, 0.6) is 0 Å². The normalized spacial score (nSPS) is 10.8. The quantitative estimate of drug-likeness (QED) is 0.638. The van der Waals surface area contributed by atoms with Crippen molar-refractivity contribution in [3.8, 4) is 0 Å². The maximum absolute atomic E-state index is 13.0. The van der Waals surface area contributed by atoms with Gasteiger partial charge >= 0.3 is 0 Å². The predicted octanol–water partition coefficient (Wildman–Crippen LogP) is 3.12. The van der Waals surface area contributed by atoms with E-state index >= 15 is 0 Å². The molecular weight excluding hydrogens is 158 g/mol. The second-order valence-electron chi connectivity index (χ2n) is 3.10. The molecular formula is C10H11F2. The molecule has 0 amide bonds. The Balaban J connectivity index is 2.92. The van der Waals surface area contributed by atoms with Gasteiger partial charge in [0.1, 0.15) is 0 Å². The monoisotopic (exact) mass is 169 g/mol. The number of hydrogen-bond donors (Lipinski definition) is 0. The third-order valence-corrected chi connectivity index (χ3v) is 1.58. The Hall–Kier alpha value is -0.920. The Bertz CT molecular complexity index is 267. The van der Waals surface area contributed by atoms with E-state index in [1.54, 1.807) is 6.07 Å². The zero-order chi connectivity index (χ0) is 9.14. The Labute approximate surface area is 71.2 Å². The molecule has 0 saturated carbocycles. The molecule has 0 N–H and O–H groups in total. The summed E-state index contributed by atoms with van der Waals surface area (Å²) >= 11 is 0. The molecule has 0 atom stereocenters. The molecule has 0 aliphatic rings. The van der Waals surface area contributed by atoms with Gasteiger partial charge in [0.2, 0.25) is 0 Å². The van der Waals surface area contributed by atoms with Gasteiger partial charge in [-0.25, -0.2) is 8.78 Å². The minimum absolute atomic E-state index is 0.426. The molecule has 12 heavy (non-hydrogen) atoms. The zero-order valence-corrected chi connectivity index (χ0v) is 7.20. The molecule has 0 saturated heterocycles. The lowest BCUT2D eigenvalue weighted by Crippen LogP contribution is -1.97. The van der Waals surface area contributed by atoms with E-state index in [2.05, 4.69) is 0 Å². The van der Waals surface area contributed by atoms with E-state index < -0.39 is 11.6 Å². The number of rotatable bonds is 2. The predicted molar refractivity (Wildman–Crippen MR) is 44.7 cm³/mol. The van der Waals surface area contributed by atoms with Crippen LogP contribution in [-0.2, 0) is 6.42 Å². The molecule has 0 nitrogen and oxygen atoms in total. The van der Waals surface area contributed by atoms with Crippen LogP contribution in [0.3, 0.4) is 0 Å². The third kappa shape index (κ3) is 2.03. The second-order valence-corrected chi connectivity index (χ2v) is 3.10. The highest BCUT2D eigenvalue weighted by Crippen LogP contribution is 2.15. The van der Waals surface area contributed by atoms with Gasteiger partial charge in [0.25, 0.3) is 0 Å². The van der Waals surface area contributed by atoms with E-state index in [0.29, 0.717) is 12.0 Å². The van der Waals surface area contributed by atoms with Gasteiger partial charge < -0.3 is 0 Å². The summed E-state index contributed by atoms with van der Waals surface area (Å²) in [6, 6.07) is 4.26. The third-order valence-electron chi connectivity index (χ3n) is 1.58. The molecule has 0 heterocycles. The van der Waals surface area contributed by atoms with Gasteiger partial charge in [0.15, 0.2) is 11.6 Å². The van der Waals surface area contributed by atoms with Crippen molar-refractivity contribution in [2.75, 3.05) is 0 Å². The summed E-state index contributed by atoms with van der Waals surface area (Å²) in [4.78, 5) is 0. The van der Waals surface area contributed by atoms with E-state index in [0.717, 1.165) is 12.0 Å². The summed E-state index contributed by atoms with van der Waals surface area (Å²) in [5.74, 6) is -0.424. The molecule has 0 aliphatic heterocycles. The second kappa shape index (κ2) is 3.65. The summed E-state index contributed by atoms with van der Waals surface area (Å²) in [5.41, 5.74) is 0.426. The molecule has 0 unspecified atom stereocenters. The topological polar surface area (TPSA) is 0 Å². The number of hydrogen-bond acceptors (Lipinski definition) is 0. The maximum atomic E-state index is 13.0. The van der Waals surface area contributed by atoms with Crippen molar-refractivity contribution in [3.05, 3.63) is 41.3 Å². The molecule has 0 aliphatic carbocycles. The minimum atomic E-state index is -0.770. The summed E-state index contributed by atoms with van der Waals surface area (Å²) in [5, 5.41) is 0. The maximum Gasteiger partial charge on any atom is 0.162 e. The van der Waals surface area contributed by atoms with Crippen molar-refractivity contribution in [2.24, 2.45) is 0 Å². The fraction of sp³-hybridized carbons (Fsp3) is 0.300. The van der Waals surface area contributed by atoms with Crippen molar-refractivity contribution in [1.82, 2.24) is 0 Å². The van der Waals surface area contributed by atoms with E-state index in [1.165, 1.54) is 6.07 Å². The Morgan fingerprint density at radius 2 is 1.92 bits per heavy atom. The van der Waals surface area contributed by atoms with E-state index in [-0.39, 0.29) is 0 Å². The Morgan fingerprint density at radius 1 is 1.25 bits per heavy atom. The van der Waals surface area contributed by atoms with Crippen LogP contribution in [-0.4, -0.2) is 0 Å². The highest BCUT2D eigenvalue weighted by Gasteiger charge is 2.08. The van der Waals surface area contributed by atoms with Crippen molar-refractivity contribution in [3.63, 3.8) is 0 Å². The fourth-order valence-electron chi connectivity index (χ4n) is 1.07. The summed E-state index contributed by atoms with van der Waals surface area (Å²) in [6.45, 7) is 3.79. The SMILES string of the molecule is C[C](C)Cc1cccc(F)c1F. The van der Waals surface area contributed by atoms with Crippen LogP contribution in [0.15, 0.2) is 18.2 Å². The van der Waals surface area contributed by atoms with Crippen molar-refractivity contribution < 1.29 is 8.78 Å². The van der Waals surface area contributed by atoms with Gasteiger partial charge in [-0.3, -0.25) is 0 Å². The van der Waals surface area contributed by atoms with Gasteiger partial charge in [0.05, 0.1) is 0 Å². The first-order chi connectivity index (χ1) is 5.61. The Morgan fingerprint density at radius 3 is 2.50 bits per heavy atom. The first-order valence-electron chi connectivity index (χ1n) is 3.83. The Kier molecular flexibility index (Phi) is 2.79.